The Morgan fingerprint density at radius 1 is 1.22 bits per heavy atom. The fourth-order valence-electron chi connectivity index (χ4n) is 1.59. The molecule has 0 bridgehead atoms. The molecule has 5 heteroatoms. The zero-order valence-corrected chi connectivity index (χ0v) is 9.79. The molecule has 0 aliphatic heterocycles. The third-order valence-electron chi connectivity index (χ3n) is 2.39. The van der Waals surface area contributed by atoms with E-state index in [4.69, 9.17) is 10.5 Å². The Morgan fingerprint density at radius 3 is 2.61 bits per heavy atom. The molecule has 2 aromatic carbocycles. The first kappa shape index (κ1) is 11.9. The fraction of sp³-hybridized carbons (Fsp3) is 0.0769. The number of ether oxygens (including phenoxy) is 1. The number of rotatable bonds is 3. The second-order valence-electron chi connectivity index (χ2n) is 3.90. The number of non-ortho nitro benzene ring substituents is 1. The molecule has 92 valence electrons. The molecule has 0 radical (unpaired) electrons. The zero-order chi connectivity index (χ0) is 13.1. The highest BCUT2D eigenvalue weighted by Crippen LogP contribution is 2.30. The van der Waals surface area contributed by atoms with Gasteiger partial charge in [0.15, 0.2) is 0 Å². The fourth-order valence-corrected chi connectivity index (χ4v) is 1.59. The van der Waals surface area contributed by atoms with Gasteiger partial charge in [-0.15, -0.1) is 0 Å². The summed E-state index contributed by atoms with van der Waals surface area (Å²) in [5, 5.41) is 10.8. The molecule has 0 aliphatic carbocycles. The average molecular weight is 244 g/mol. The van der Waals surface area contributed by atoms with Crippen molar-refractivity contribution in [3.63, 3.8) is 0 Å². The highest BCUT2D eigenvalue weighted by molar-refractivity contribution is 5.54. The minimum Gasteiger partial charge on any atom is -0.455 e. The summed E-state index contributed by atoms with van der Waals surface area (Å²) in [6.07, 6.45) is 0. The Morgan fingerprint density at radius 2 is 1.94 bits per heavy atom. The van der Waals surface area contributed by atoms with Crippen LogP contribution >= 0.6 is 0 Å². The molecule has 0 spiro atoms. The SMILES string of the molecule is Cc1cc(Oc2ccccc2N)cc([N+](=O)[O-])c1. The minimum atomic E-state index is -0.450. The number of hydrogen-bond acceptors (Lipinski definition) is 4. The summed E-state index contributed by atoms with van der Waals surface area (Å²) in [4.78, 5) is 10.3. The second-order valence-corrected chi connectivity index (χ2v) is 3.90. The van der Waals surface area contributed by atoms with Gasteiger partial charge < -0.3 is 10.5 Å². The first-order valence-electron chi connectivity index (χ1n) is 5.35. The molecule has 18 heavy (non-hydrogen) atoms. The number of benzene rings is 2. The van der Waals surface area contributed by atoms with Gasteiger partial charge in [0.1, 0.15) is 11.5 Å². The van der Waals surface area contributed by atoms with Crippen LogP contribution in [0, 0.1) is 17.0 Å². The van der Waals surface area contributed by atoms with E-state index >= 15 is 0 Å². The molecular weight excluding hydrogens is 232 g/mol. The number of nitrogens with two attached hydrogens (primary N) is 1. The van der Waals surface area contributed by atoms with Gasteiger partial charge in [0.25, 0.3) is 5.69 Å². The van der Waals surface area contributed by atoms with Crippen LogP contribution in [0.1, 0.15) is 5.56 Å². The van der Waals surface area contributed by atoms with Crippen LogP contribution < -0.4 is 10.5 Å². The van der Waals surface area contributed by atoms with Crippen LogP contribution in [0.3, 0.4) is 0 Å². The first-order valence-corrected chi connectivity index (χ1v) is 5.35. The predicted octanol–water partition coefficient (Wildman–Crippen LogP) is 3.28. The van der Waals surface area contributed by atoms with E-state index in [9.17, 15) is 10.1 Å². The Hall–Kier alpha value is -2.56. The third kappa shape index (κ3) is 2.57. The molecule has 0 unspecified atom stereocenters. The van der Waals surface area contributed by atoms with E-state index in [2.05, 4.69) is 0 Å². The summed E-state index contributed by atoms with van der Waals surface area (Å²) >= 11 is 0. The van der Waals surface area contributed by atoms with Crippen molar-refractivity contribution in [3.05, 3.63) is 58.1 Å². The quantitative estimate of drug-likeness (QED) is 0.510. The number of nitro benzene ring substituents is 1. The normalized spacial score (nSPS) is 10.1. The van der Waals surface area contributed by atoms with Crippen molar-refractivity contribution >= 4 is 11.4 Å². The van der Waals surface area contributed by atoms with Gasteiger partial charge in [-0.2, -0.15) is 0 Å². The van der Waals surface area contributed by atoms with Crippen LogP contribution in [0.25, 0.3) is 0 Å². The van der Waals surface area contributed by atoms with Gasteiger partial charge in [0.05, 0.1) is 16.7 Å². The maximum atomic E-state index is 10.8. The van der Waals surface area contributed by atoms with Crippen LogP contribution in [-0.2, 0) is 0 Å². The maximum absolute atomic E-state index is 10.8. The van der Waals surface area contributed by atoms with Crippen molar-refractivity contribution in [2.24, 2.45) is 0 Å². The molecule has 2 aromatic rings. The van der Waals surface area contributed by atoms with Gasteiger partial charge in [0.2, 0.25) is 0 Å². The summed E-state index contributed by atoms with van der Waals surface area (Å²) in [6.45, 7) is 1.77. The summed E-state index contributed by atoms with van der Waals surface area (Å²) in [5.41, 5.74) is 6.99. The van der Waals surface area contributed by atoms with Crippen LogP contribution in [0.5, 0.6) is 11.5 Å². The molecule has 2 N–H and O–H groups in total. The topological polar surface area (TPSA) is 78.4 Å². The number of aryl methyl sites for hydroxylation is 1. The monoisotopic (exact) mass is 244 g/mol. The van der Waals surface area contributed by atoms with Gasteiger partial charge in [-0.3, -0.25) is 10.1 Å². The van der Waals surface area contributed by atoms with E-state index < -0.39 is 4.92 Å². The molecule has 5 nitrogen and oxygen atoms in total. The van der Waals surface area contributed by atoms with E-state index in [0.29, 0.717) is 17.2 Å². The van der Waals surface area contributed by atoms with Gasteiger partial charge in [-0.25, -0.2) is 0 Å². The van der Waals surface area contributed by atoms with E-state index in [1.54, 1.807) is 37.3 Å². The van der Waals surface area contributed by atoms with Crippen LogP contribution in [-0.4, -0.2) is 4.92 Å². The molecule has 0 amide bonds. The first-order chi connectivity index (χ1) is 8.56. The van der Waals surface area contributed by atoms with E-state index in [0.717, 1.165) is 5.56 Å². The van der Waals surface area contributed by atoms with Crippen molar-refractivity contribution in [3.8, 4) is 11.5 Å². The maximum Gasteiger partial charge on any atom is 0.273 e. The van der Waals surface area contributed by atoms with E-state index in [1.807, 2.05) is 0 Å². The van der Waals surface area contributed by atoms with Gasteiger partial charge in [-0.1, -0.05) is 12.1 Å². The number of nitro groups is 1. The Balaban J connectivity index is 2.35. The third-order valence-corrected chi connectivity index (χ3v) is 2.39. The lowest BCUT2D eigenvalue weighted by Crippen LogP contribution is -1.94. The standard InChI is InChI=1S/C13H12N2O3/c1-9-6-10(15(16)17)8-11(7-9)18-13-5-3-2-4-12(13)14/h2-8H,14H2,1H3. The number of nitrogen functional groups attached to an aromatic ring is 1. The zero-order valence-electron chi connectivity index (χ0n) is 9.79. The lowest BCUT2D eigenvalue weighted by molar-refractivity contribution is -0.385. The molecule has 0 saturated heterocycles. The van der Waals surface area contributed by atoms with Crippen molar-refractivity contribution in [2.75, 3.05) is 5.73 Å². The molecule has 0 heterocycles. The summed E-state index contributed by atoms with van der Waals surface area (Å²) in [7, 11) is 0. The van der Waals surface area contributed by atoms with Crippen molar-refractivity contribution in [2.45, 2.75) is 6.92 Å². The Labute approximate surface area is 104 Å². The molecule has 2 rings (SSSR count). The number of anilines is 1. The van der Waals surface area contributed by atoms with Crippen LogP contribution in [0.2, 0.25) is 0 Å². The second kappa shape index (κ2) is 4.75. The Bertz CT molecular complexity index is 597. The van der Waals surface area contributed by atoms with E-state index in [1.165, 1.54) is 12.1 Å². The molecule has 0 aliphatic rings. The molecule has 0 saturated carbocycles. The van der Waals surface area contributed by atoms with Crippen molar-refractivity contribution in [1.82, 2.24) is 0 Å². The van der Waals surface area contributed by atoms with E-state index in [-0.39, 0.29) is 5.69 Å². The Kier molecular flexibility index (Phi) is 3.14. The number of para-hydroxylation sites is 2. The largest absolute Gasteiger partial charge is 0.455 e. The van der Waals surface area contributed by atoms with Crippen molar-refractivity contribution < 1.29 is 9.66 Å². The smallest absolute Gasteiger partial charge is 0.273 e. The van der Waals surface area contributed by atoms with Crippen molar-refractivity contribution in [1.29, 1.82) is 0 Å². The summed E-state index contributed by atoms with van der Waals surface area (Å²) in [6, 6.07) is 11.6. The predicted molar refractivity (Wildman–Crippen MR) is 68.8 cm³/mol. The summed E-state index contributed by atoms with van der Waals surface area (Å²) < 4.78 is 5.55. The minimum absolute atomic E-state index is 0.000461. The molecule has 0 fully saturated rings. The van der Waals surface area contributed by atoms with Gasteiger partial charge in [-0.05, 0) is 30.7 Å². The lowest BCUT2D eigenvalue weighted by atomic mass is 10.2. The molecule has 0 aromatic heterocycles. The highest BCUT2D eigenvalue weighted by Gasteiger charge is 2.10. The highest BCUT2D eigenvalue weighted by atomic mass is 16.6. The van der Waals surface area contributed by atoms with Gasteiger partial charge in [0, 0.05) is 6.07 Å². The molecule has 0 atom stereocenters. The average Bonchev–Trinajstić information content (AvgIpc) is 2.31. The lowest BCUT2D eigenvalue weighted by Gasteiger charge is -2.08. The van der Waals surface area contributed by atoms with Crippen LogP contribution in [0.4, 0.5) is 11.4 Å². The number of nitrogens with zero attached hydrogens (tertiary/aromatic N) is 1. The summed E-state index contributed by atoms with van der Waals surface area (Å²) in [5.74, 6) is 0.886. The van der Waals surface area contributed by atoms with Gasteiger partial charge >= 0.3 is 0 Å². The molecular formula is C13H12N2O3. The number of hydrogen-bond donors (Lipinski definition) is 1. The van der Waals surface area contributed by atoms with Crippen LogP contribution in [0.15, 0.2) is 42.5 Å².